The van der Waals surface area contributed by atoms with Gasteiger partial charge in [-0.15, -0.1) is 0 Å². The van der Waals surface area contributed by atoms with Crippen LogP contribution in [-0.2, 0) is 5.54 Å². The van der Waals surface area contributed by atoms with Crippen molar-refractivity contribution in [2.24, 2.45) is 0 Å². The Morgan fingerprint density at radius 1 is 1.22 bits per heavy atom. The Bertz CT molecular complexity index is 592. The normalized spacial score (nSPS) is 22.7. The minimum absolute atomic E-state index is 0.189. The van der Waals surface area contributed by atoms with E-state index < -0.39 is 0 Å². The van der Waals surface area contributed by atoms with Crippen LogP contribution in [0.5, 0.6) is 0 Å². The van der Waals surface area contributed by atoms with Gasteiger partial charge < -0.3 is 4.42 Å². The van der Waals surface area contributed by atoms with E-state index in [2.05, 4.69) is 16.0 Å². The van der Waals surface area contributed by atoms with Crippen LogP contribution in [-0.4, -0.2) is 23.0 Å². The number of aromatic nitrogens is 1. The lowest BCUT2D eigenvalue weighted by molar-refractivity contribution is 0.166. The van der Waals surface area contributed by atoms with Crippen molar-refractivity contribution in [3.8, 4) is 0 Å². The third kappa shape index (κ3) is 1.31. The zero-order chi connectivity index (χ0) is 12.2. The molecule has 2 aromatic rings. The summed E-state index contributed by atoms with van der Waals surface area (Å²) in [6.07, 6.45) is 5.07. The molecule has 94 valence electrons. The molecule has 0 spiro atoms. The molecule has 2 aliphatic rings. The summed E-state index contributed by atoms with van der Waals surface area (Å²) in [5.74, 6) is 1.14. The topological polar surface area (TPSA) is 29.3 Å². The monoisotopic (exact) mass is 242 g/mol. The summed E-state index contributed by atoms with van der Waals surface area (Å²) in [4.78, 5) is 7.17. The summed E-state index contributed by atoms with van der Waals surface area (Å²) in [7, 11) is 0. The van der Waals surface area contributed by atoms with Crippen LogP contribution in [0.1, 0.15) is 37.1 Å². The van der Waals surface area contributed by atoms with Crippen LogP contribution < -0.4 is 0 Å². The lowest BCUT2D eigenvalue weighted by atomic mass is 9.91. The third-order valence-electron chi connectivity index (χ3n) is 4.61. The number of aryl methyl sites for hydroxylation is 1. The van der Waals surface area contributed by atoms with Gasteiger partial charge in [0.05, 0.1) is 5.54 Å². The van der Waals surface area contributed by atoms with Gasteiger partial charge in [0, 0.05) is 11.8 Å². The predicted octanol–water partition coefficient (Wildman–Crippen LogP) is 3.22. The molecule has 0 aliphatic carbocycles. The maximum absolute atomic E-state index is 6.11. The van der Waals surface area contributed by atoms with Crippen molar-refractivity contribution in [1.82, 2.24) is 9.88 Å². The number of fused-ring (bicyclic) bond motifs is 2. The van der Waals surface area contributed by atoms with Gasteiger partial charge in [-0.1, -0.05) is 0 Å². The minimum Gasteiger partial charge on any atom is -0.457 e. The SMILES string of the molecule is Cc1ccc2oc(C34CCCN3CCC4)cc2n1. The Hall–Kier alpha value is -1.35. The fourth-order valence-electron chi connectivity index (χ4n) is 3.76. The minimum atomic E-state index is 0.189. The van der Waals surface area contributed by atoms with Gasteiger partial charge in [0.1, 0.15) is 11.3 Å². The Balaban J connectivity index is 1.87. The Morgan fingerprint density at radius 2 is 2.00 bits per heavy atom. The van der Waals surface area contributed by atoms with Crippen LogP contribution >= 0.6 is 0 Å². The number of furan rings is 1. The van der Waals surface area contributed by atoms with Crippen LogP contribution in [0.3, 0.4) is 0 Å². The van der Waals surface area contributed by atoms with Crippen LogP contribution in [0.4, 0.5) is 0 Å². The number of pyridine rings is 1. The molecule has 0 bridgehead atoms. The lowest BCUT2D eigenvalue weighted by Crippen LogP contribution is -2.34. The maximum Gasteiger partial charge on any atom is 0.152 e. The second-order valence-corrected chi connectivity index (χ2v) is 5.67. The first-order chi connectivity index (χ1) is 8.78. The second-order valence-electron chi connectivity index (χ2n) is 5.67. The largest absolute Gasteiger partial charge is 0.457 e. The zero-order valence-corrected chi connectivity index (χ0v) is 10.8. The van der Waals surface area contributed by atoms with Crippen LogP contribution in [0.2, 0.25) is 0 Å². The highest BCUT2D eigenvalue weighted by Gasteiger charge is 2.47. The molecule has 4 rings (SSSR count). The summed E-state index contributed by atoms with van der Waals surface area (Å²) in [5.41, 5.74) is 3.19. The standard InChI is InChI=1S/C15H18N2O/c1-11-4-5-13-12(16-11)10-14(18-13)15-6-2-8-17(15)9-3-7-15/h4-5,10H,2-3,6-9H2,1H3. The average molecular weight is 242 g/mol. The molecule has 2 aliphatic heterocycles. The molecule has 2 saturated heterocycles. The third-order valence-corrected chi connectivity index (χ3v) is 4.61. The molecule has 4 heterocycles. The summed E-state index contributed by atoms with van der Waals surface area (Å²) in [6.45, 7) is 4.48. The van der Waals surface area contributed by atoms with Gasteiger partial charge in [0.2, 0.25) is 0 Å². The highest BCUT2D eigenvalue weighted by atomic mass is 16.3. The number of hydrogen-bond acceptors (Lipinski definition) is 3. The second kappa shape index (κ2) is 3.58. The van der Waals surface area contributed by atoms with Crippen LogP contribution in [0.25, 0.3) is 11.1 Å². The van der Waals surface area contributed by atoms with Crippen molar-refractivity contribution >= 4 is 11.1 Å². The Morgan fingerprint density at radius 3 is 2.78 bits per heavy atom. The van der Waals surface area contributed by atoms with Gasteiger partial charge in [-0.2, -0.15) is 0 Å². The molecule has 2 aromatic heterocycles. The summed E-state index contributed by atoms with van der Waals surface area (Å²) in [5, 5.41) is 0. The highest BCUT2D eigenvalue weighted by Crippen LogP contribution is 2.47. The van der Waals surface area contributed by atoms with E-state index in [1.165, 1.54) is 38.8 Å². The quantitative estimate of drug-likeness (QED) is 0.769. The number of rotatable bonds is 1. The lowest BCUT2D eigenvalue weighted by Gasteiger charge is -2.29. The van der Waals surface area contributed by atoms with Gasteiger partial charge in [-0.25, -0.2) is 4.98 Å². The van der Waals surface area contributed by atoms with E-state index in [0.717, 1.165) is 22.6 Å². The van der Waals surface area contributed by atoms with E-state index in [1.807, 2.05) is 19.1 Å². The van der Waals surface area contributed by atoms with Crippen molar-refractivity contribution in [3.63, 3.8) is 0 Å². The number of hydrogen-bond donors (Lipinski definition) is 0. The van der Waals surface area contributed by atoms with E-state index in [4.69, 9.17) is 4.42 Å². The van der Waals surface area contributed by atoms with Gasteiger partial charge >= 0.3 is 0 Å². The molecule has 0 saturated carbocycles. The molecule has 0 N–H and O–H groups in total. The molecule has 2 fully saturated rings. The molecule has 3 nitrogen and oxygen atoms in total. The van der Waals surface area contributed by atoms with E-state index in [0.29, 0.717) is 0 Å². The van der Waals surface area contributed by atoms with Gasteiger partial charge in [-0.3, -0.25) is 4.90 Å². The Kier molecular flexibility index (Phi) is 2.10. The predicted molar refractivity (Wildman–Crippen MR) is 70.5 cm³/mol. The van der Waals surface area contributed by atoms with Crippen LogP contribution in [0.15, 0.2) is 22.6 Å². The first-order valence-electron chi connectivity index (χ1n) is 6.91. The van der Waals surface area contributed by atoms with Crippen molar-refractivity contribution in [1.29, 1.82) is 0 Å². The smallest absolute Gasteiger partial charge is 0.152 e. The van der Waals surface area contributed by atoms with Gasteiger partial charge in [-0.05, 0) is 57.8 Å². The van der Waals surface area contributed by atoms with Gasteiger partial charge in [0.15, 0.2) is 5.58 Å². The van der Waals surface area contributed by atoms with E-state index >= 15 is 0 Å². The molecule has 3 heteroatoms. The van der Waals surface area contributed by atoms with Crippen LogP contribution in [0, 0.1) is 6.92 Å². The average Bonchev–Trinajstić information content (AvgIpc) is 2.99. The van der Waals surface area contributed by atoms with E-state index in [1.54, 1.807) is 0 Å². The van der Waals surface area contributed by atoms with E-state index in [9.17, 15) is 0 Å². The molecule has 0 unspecified atom stereocenters. The first kappa shape index (κ1) is 10.6. The molecule has 0 radical (unpaired) electrons. The number of nitrogens with zero attached hydrogens (tertiary/aromatic N) is 2. The van der Waals surface area contributed by atoms with E-state index in [-0.39, 0.29) is 5.54 Å². The molecule has 0 aromatic carbocycles. The molecule has 0 amide bonds. The summed E-state index contributed by atoms with van der Waals surface area (Å²) >= 11 is 0. The molecular formula is C15H18N2O. The van der Waals surface area contributed by atoms with Crippen molar-refractivity contribution in [2.75, 3.05) is 13.1 Å². The molecule has 18 heavy (non-hydrogen) atoms. The fraction of sp³-hybridized carbons (Fsp3) is 0.533. The van der Waals surface area contributed by atoms with Crippen molar-refractivity contribution < 1.29 is 4.42 Å². The molecular weight excluding hydrogens is 224 g/mol. The first-order valence-corrected chi connectivity index (χ1v) is 6.91. The maximum atomic E-state index is 6.11. The Labute approximate surface area is 107 Å². The van der Waals surface area contributed by atoms with Crippen molar-refractivity contribution in [3.05, 3.63) is 29.7 Å². The summed E-state index contributed by atoms with van der Waals surface area (Å²) < 4.78 is 6.11. The highest BCUT2D eigenvalue weighted by molar-refractivity contribution is 5.73. The fourth-order valence-corrected chi connectivity index (χ4v) is 3.76. The van der Waals surface area contributed by atoms with Crippen molar-refractivity contribution in [2.45, 2.75) is 38.1 Å². The zero-order valence-electron chi connectivity index (χ0n) is 10.8. The van der Waals surface area contributed by atoms with Gasteiger partial charge in [0.25, 0.3) is 0 Å². The molecule has 0 atom stereocenters. The summed E-state index contributed by atoms with van der Waals surface area (Å²) in [6, 6.07) is 6.24.